The van der Waals surface area contributed by atoms with Crippen molar-refractivity contribution >= 4 is 10.0 Å². The molecule has 0 radical (unpaired) electrons. The SMILES string of the molecule is COCCS(=O)(=O)N(CCO)C1CCCC1. The Labute approximate surface area is 97.4 Å². The van der Waals surface area contributed by atoms with Gasteiger partial charge in [0.05, 0.1) is 19.0 Å². The summed E-state index contributed by atoms with van der Waals surface area (Å²) in [5.74, 6) is 0. The summed E-state index contributed by atoms with van der Waals surface area (Å²) in [6, 6.07) is 0.0778. The van der Waals surface area contributed by atoms with Gasteiger partial charge < -0.3 is 9.84 Å². The van der Waals surface area contributed by atoms with Crippen LogP contribution in [-0.4, -0.2) is 56.5 Å². The standard InChI is InChI=1S/C10H21NO4S/c1-15-8-9-16(13,14)11(6-7-12)10-4-2-3-5-10/h10,12H,2-9H2,1H3. The van der Waals surface area contributed by atoms with Crippen molar-refractivity contribution in [2.75, 3.05) is 32.6 Å². The summed E-state index contributed by atoms with van der Waals surface area (Å²) in [5, 5.41) is 8.95. The van der Waals surface area contributed by atoms with Crippen molar-refractivity contribution < 1.29 is 18.3 Å². The van der Waals surface area contributed by atoms with Crippen molar-refractivity contribution in [3.8, 4) is 0 Å². The lowest BCUT2D eigenvalue weighted by Crippen LogP contribution is -2.42. The molecule has 16 heavy (non-hydrogen) atoms. The lowest BCUT2D eigenvalue weighted by molar-refractivity contribution is 0.207. The van der Waals surface area contributed by atoms with Gasteiger partial charge in [0.2, 0.25) is 10.0 Å². The minimum Gasteiger partial charge on any atom is -0.395 e. The van der Waals surface area contributed by atoms with Crippen LogP contribution in [0.4, 0.5) is 0 Å². The van der Waals surface area contributed by atoms with Crippen molar-refractivity contribution in [3.63, 3.8) is 0 Å². The van der Waals surface area contributed by atoms with Gasteiger partial charge in [-0.1, -0.05) is 12.8 Å². The first kappa shape index (κ1) is 13.9. The third-order valence-corrected chi connectivity index (χ3v) is 4.83. The monoisotopic (exact) mass is 251 g/mol. The van der Waals surface area contributed by atoms with E-state index in [1.54, 1.807) is 0 Å². The van der Waals surface area contributed by atoms with Crippen molar-refractivity contribution in [2.24, 2.45) is 0 Å². The number of hydrogen-bond acceptors (Lipinski definition) is 4. The van der Waals surface area contributed by atoms with Crippen LogP contribution >= 0.6 is 0 Å². The summed E-state index contributed by atoms with van der Waals surface area (Å²) in [5.41, 5.74) is 0. The molecule has 0 heterocycles. The molecule has 0 spiro atoms. The Kier molecular flexibility index (Phi) is 5.68. The van der Waals surface area contributed by atoms with E-state index in [1.165, 1.54) is 11.4 Å². The molecule has 1 aliphatic carbocycles. The molecule has 0 atom stereocenters. The molecular weight excluding hydrogens is 230 g/mol. The van der Waals surface area contributed by atoms with Crippen molar-refractivity contribution in [1.82, 2.24) is 4.31 Å². The minimum atomic E-state index is -3.28. The molecule has 5 nitrogen and oxygen atoms in total. The van der Waals surface area contributed by atoms with Crippen LogP contribution in [0.3, 0.4) is 0 Å². The normalized spacial score (nSPS) is 18.4. The van der Waals surface area contributed by atoms with E-state index in [1.807, 2.05) is 0 Å². The van der Waals surface area contributed by atoms with E-state index in [4.69, 9.17) is 9.84 Å². The molecule has 96 valence electrons. The van der Waals surface area contributed by atoms with Crippen molar-refractivity contribution in [3.05, 3.63) is 0 Å². The Morgan fingerprint density at radius 3 is 2.50 bits per heavy atom. The molecule has 0 aliphatic heterocycles. The molecule has 0 amide bonds. The predicted octanol–water partition coefficient (Wildman–Crippen LogP) is 0.200. The van der Waals surface area contributed by atoms with E-state index in [0.29, 0.717) is 0 Å². The second-order valence-electron chi connectivity index (χ2n) is 4.08. The summed E-state index contributed by atoms with van der Waals surface area (Å²) in [4.78, 5) is 0. The average molecular weight is 251 g/mol. The highest BCUT2D eigenvalue weighted by Crippen LogP contribution is 2.25. The first-order valence-electron chi connectivity index (χ1n) is 5.71. The van der Waals surface area contributed by atoms with Crippen LogP contribution in [0.1, 0.15) is 25.7 Å². The zero-order valence-corrected chi connectivity index (χ0v) is 10.6. The number of aliphatic hydroxyl groups excluding tert-OH is 1. The zero-order valence-electron chi connectivity index (χ0n) is 9.76. The lowest BCUT2D eigenvalue weighted by Gasteiger charge is -2.27. The average Bonchev–Trinajstić information content (AvgIpc) is 2.76. The van der Waals surface area contributed by atoms with E-state index in [9.17, 15) is 8.42 Å². The van der Waals surface area contributed by atoms with Gasteiger partial charge >= 0.3 is 0 Å². The van der Waals surface area contributed by atoms with Gasteiger partial charge in [-0.2, -0.15) is 4.31 Å². The molecule has 1 N–H and O–H groups in total. The van der Waals surface area contributed by atoms with Gasteiger partial charge in [-0.3, -0.25) is 0 Å². The maximum absolute atomic E-state index is 12.0. The van der Waals surface area contributed by atoms with E-state index >= 15 is 0 Å². The second-order valence-corrected chi connectivity index (χ2v) is 6.12. The minimum absolute atomic E-state index is 0. The molecular formula is C10H21NO4S. The lowest BCUT2D eigenvalue weighted by atomic mass is 10.2. The van der Waals surface area contributed by atoms with Crippen LogP contribution < -0.4 is 0 Å². The number of rotatable bonds is 7. The van der Waals surface area contributed by atoms with Crippen molar-refractivity contribution in [2.45, 2.75) is 31.7 Å². The molecule has 0 aromatic heterocycles. The van der Waals surface area contributed by atoms with Gasteiger partial charge in [-0.05, 0) is 12.8 Å². The van der Waals surface area contributed by atoms with Gasteiger partial charge in [0.1, 0.15) is 0 Å². The number of nitrogens with zero attached hydrogens (tertiary/aromatic N) is 1. The second kappa shape index (κ2) is 6.54. The molecule has 1 rings (SSSR count). The molecule has 1 fully saturated rings. The molecule has 0 bridgehead atoms. The van der Waals surface area contributed by atoms with E-state index in [2.05, 4.69) is 0 Å². The number of aliphatic hydroxyl groups is 1. The molecule has 1 saturated carbocycles. The van der Waals surface area contributed by atoms with Gasteiger partial charge in [0.25, 0.3) is 0 Å². The first-order chi connectivity index (χ1) is 7.61. The van der Waals surface area contributed by atoms with Crippen LogP contribution in [0.25, 0.3) is 0 Å². The molecule has 6 heteroatoms. The maximum Gasteiger partial charge on any atom is 0.216 e. The highest BCUT2D eigenvalue weighted by Gasteiger charge is 2.31. The topological polar surface area (TPSA) is 66.8 Å². The summed E-state index contributed by atoms with van der Waals surface area (Å²) in [6.07, 6.45) is 3.97. The highest BCUT2D eigenvalue weighted by molar-refractivity contribution is 7.89. The molecule has 0 aromatic carbocycles. The third kappa shape index (κ3) is 3.69. The fourth-order valence-corrected chi connectivity index (χ4v) is 3.78. The molecule has 0 aromatic rings. The maximum atomic E-state index is 12.0. The Morgan fingerprint density at radius 1 is 1.38 bits per heavy atom. The van der Waals surface area contributed by atoms with Gasteiger partial charge in [-0.25, -0.2) is 8.42 Å². The highest BCUT2D eigenvalue weighted by atomic mass is 32.2. The Bertz CT molecular complexity index is 285. The number of ether oxygens (including phenoxy) is 1. The Hall–Kier alpha value is -0.170. The van der Waals surface area contributed by atoms with E-state index < -0.39 is 10.0 Å². The van der Waals surface area contributed by atoms with Crippen LogP contribution in [0.5, 0.6) is 0 Å². The Balaban J connectivity index is 2.67. The fourth-order valence-electron chi connectivity index (χ4n) is 2.15. The quantitative estimate of drug-likeness (QED) is 0.702. The van der Waals surface area contributed by atoms with E-state index in [0.717, 1.165) is 25.7 Å². The molecule has 0 unspecified atom stereocenters. The summed E-state index contributed by atoms with van der Waals surface area (Å²) in [7, 11) is -1.79. The van der Waals surface area contributed by atoms with Gasteiger partial charge in [-0.15, -0.1) is 0 Å². The number of sulfonamides is 1. The van der Waals surface area contributed by atoms with Gasteiger partial charge in [0, 0.05) is 19.7 Å². The fraction of sp³-hybridized carbons (Fsp3) is 1.00. The number of hydrogen-bond donors (Lipinski definition) is 1. The number of methoxy groups -OCH3 is 1. The summed E-state index contributed by atoms with van der Waals surface area (Å²) in [6.45, 7) is 0.288. The smallest absolute Gasteiger partial charge is 0.216 e. The van der Waals surface area contributed by atoms with Crippen molar-refractivity contribution in [1.29, 1.82) is 0 Å². The van der Waals surface area contributed by atoms with Crippen LogP contribution in [0.15, 0.2) is 0 Å². The zero-order chi connectivity index (χ0) is 12.0. The first-order valence-corrected chi connectivity index (χ1v) is 7.32. The molecule has 1 aliphatic rings. The van der Waals surface area contributed by atoms with Gasteiger partial charge in [0.15, 0.2) is 0 Å². The Morgan fingerprint density at radius 2 is 2.00 bits per heavy atom. The largest absolute Gasteiger partial charge is 0.395 e. The third-order valence-electron chi connectivity index (χ3n) is 2.96. The summed E-state index contributed by atoms with van der Waals surface area (Å²) >= 11 is 0. The van der Waals surface area contributed by atoms with Crippen LogP contribution in [0.2, 0.25) is 0 Å². The molecule has 0 saturated heterocycles. The predicted molar refractivity (Wildman–Crippen MR) is 61.7 cm³/mol. The summed E-state index contributed by atoms with van der Waals surface area (Å²) < 4.78 is 30.3. The van der Waals surface area contributed by atoms with Crippen LogP contribution in [-0.2, 0) is 14.8 Å². The van der Waals surface area contributed by atoms with E-state index in [-0.39, 0.29) is 31.6 Å². The van der Waals surface area contributed by atoms with Crippen LogP contribution in [0, 0.1) is 0 Å².